The maximum atomic E-state index is 12.6. The van der Waals surface area contributed by atoms with Crippen molar-refractivity contribution in [3.8, 4) is 11.5 Å². The van der Waals surface area contributed by atoms with Gasteiger partial charge in [-0.3, -0.25) is 4.79 Å². The van der Waals surface area contributed by atoms with Crippen molar-refractivity contribution in [2.24, 2.45) is 0 Å². The number of halogens is 2. The van der Waals surface area contributed by atoms with Crippen LogP contribution in [0.15, 0.2) is 12.1 Å². The number of rotatable bonds is 2. The highest BCUT2D eigenvalue weighted by Crippen LogP contribution is 2.35. The largest absolute Gasteiger partial charge is 0.490 e. The summed E-state index contributed by atoms with van der Waals surface area (Å²) in [6, 6.07) is 2.48. The van der Waals surface area contributed by atoms with E-state index in [9.17, 15) is 13.6 Å². The molecule has 0 atom stereocenters. The third kappa shape index (κ3) is 1.98. The second-order valence-electron chi connectivity index (χ2n) is 3.40. The number of carbonyl (C=O) groups is 1. The van der Waals surface area contributed by atoms with Crippen LogP contribution >= 0.6 is 0 Å². The molecule has 16 heavy (non-hydrogen) atoms. The Balaban J connectivity index is 2.48. The summed E-state index contributed by atoms with van der Waals surface area (Å²) in [5.74, 6) is 0.627. The van der Waals surface area contributed by atoms with E-state index in [2.05, 4.69) is 0 Å². The number of ether oxygens (including phenoxy) is 2. The first-order chi connectivity index (χ1) is 7.72. The van der Waals surface area contributed by atoms with Gasteiger partial charge in [0.25, 0.3) is 6.43 Å². The monoisotopic (exact) mass is 228 g/mol. The fourth-order valence-electron chi connectivity index (χ4n) is 1.53. The molecule has 1 aliphatic rings. The molecule has 0 aromatic heterocycles. The summed E-state index contributed by atoms with van der Waals surface area (Å²) in [4.78, 5) is 10.7. The van der Waals surface area contributed by atoms with E-state index in [1.807, 2.05) is 0 Å². The van der Waals surface area contributed by atoms with Crippen LogP contribution in [0.3, 0.4) is 0 Å². The van der Waals surface area contributed by atoms with Crippen LogP contribution < -0.4 is 9.47 Å². The van der Waals surface area contributed by atoms with Crippen LogP contribution in [0.4, 0.5) is 8.78 Å². The van der Waals surface area contributed by atoms with Gasteiger partial charge in [-0.2, -0.15) is 0 Å². The van der Waals surface area contributed by atoms with E-state index in [1.54, 1.807) is 0 Å². The topological polar surface area (TPSA) is 35.5 Å². The molecule has 0 saturated carbocycles. The second-order valence-corrected chi connectivity index (χ2v) is 3.40. The van der Waals surface area contributed by atoms with Crippen LogP contribution in [-0.2, 0) is 0 Å². The lowest BCUT2D eigenvalue weighted by Crippen LogP contribution is -1.98. The molecule has 0 radical (unpaired) electrons. The first-order valence-corrected chi connectivity index (χ1v) is 4.89. The Morgan fingerprint density at radius 1 is 1.19 bits per heavy atom. The van der Waals surface area contributed by atoms with Crippen LogP contribution in [0, 0.1) is 0 Å². The zero-order valence-electron chi connectivity index (χ0n) is 8.41. The van der Waals surface area contributed by atoms with Gasteiger partial charge in [0.2, 0.25) is 0 Å². The van der Waals surface area contributed by atoms with Gasteiger partial charge in [0, 0.05) is 17.5 Å². The fourth-order valence-corrected chi connectivity index (χ4v) is 1.53. The highest BCUT2D eigenvalue weighted by atomic mass is 19.3. The number of fused-ring (bicyclic) bond motifs is 1. The van der Waals surface area contributed by atoms with Crippen molar-refractivity contribution in [2.75, 3.05) is 13.2 Å². The summed E-state index contributed by atoms with van der Waals surface area (Å²) in [7, 11) is 0. The van der Waals surface area contributed by atoms with Gasteiger partial charge in [-0.15, -0.1) is 0 Å². The van der Waals surface area contributed by atoms with Gasteiger partial charge in [0.15, 0.2) is 17.8 Å². The number of hydrogen-bond acceptors (Lipinski definition) is 3. The minimum atomic E-state index is -2.70. The summed E-state index contributed by atoms with van der Waals surface area (Å²) < 4.78 is 35.8. The van der Waals surface area contributed by atoms with Crippen LogP contribution in [0.1, 0.15) is 28.8 Å². The maximum absolute atomic E-state index is 12.6. The molecule has 0 amide bonds. The third-order valence-corrected chi connectivity index (χ3v) is 2.32. The molecule has 0 N–H and O–H groups in total. The lowest BCUT2D eigenvalue weighted by Gasteiger charge is -2.11. The molecule has 0 bridgehead atoms. The maximum Gasteiger partial charge on any atom is 0.264 e. The molecule has 2 rings (SSSR count). The van der Waals surface area contributed by atoms with E-state index in [0.29, 0.717) is 31.7 Å². The van der Waals surface area contributed by atoms with Crippen molar-refractivity contribution in [1.82, 2.24) is 0 Å². The molecule has 0 saturated heterocycles. The van der Waals surface area contributed by atoms with Gasteiger partial charge in [-0.1, -0.05) is 0 Å². The molecule has 1 aromatic carbocycles. The van der Waals surface area contributed by atoms with E-state index in [1.165, 1.54) is 12.1 Å². The molecule has 0 spiro atoms. The summed E-state index contributed by atoms with van der Waals surface area (Å²) in [6.07, 6.45) is -1.61. The van der Waals surface area contributed by atoms with E-state index < -0.39 is 6.43 Å². The van der Waals surface area contributed by atoms with Crippen LogP contribution in [0.2, 0.25) is 0 Å². The zero-order chi connectivity index (χ0) is 11.5. The van der Waals surface area contributed by atoms with E-state index in [0.717, 1.165) is 0 Å². The van der Waals surface area contributed by atoms with E-state index in [-0.39, 0.29) is 16.9 Å². The molecule has 1 heterocycles. The SMILES string of the molecule is O=Cc1cc2c(cc1C(F)F)OCCCO2. The number of alkyl halides is 2. The van der Waals surface area contributed by atoms with Crippen LogP contribution in [0.5, 0.6) is 11.5 Å². The molecule has 1 aromatic rings. The van der Waals surface area contributed by atoms with Crippen molar-refractivity contribution in [2.45, 2.75) is 12.8 Å². The molecule has 3 nitrogen and oxygen atoms in total. The number of aldehydes is 1. The fraction of sp³-hybridized carbons (Fsp3) is 0.364. The quantitative estimate of drug-likeness (QED) is 0.730. The normalized spacial score (nSPS) is 14.7. The molecule has 5 heteroatoms. The lowest BCUT2D eigenvalue weighted by atomic mass is 10.1. The number of hydrogen-bond donors (Lipinski definition) is 0. The first-order valence-electron chi connectivity index (χ1n) is 4.89. The predicted molar refractivity (Wildman–Crippen MR) is 52.4 cm³/mol. The predicted octanol–water partition coefficient (Wildman–Crippen LogP) is 2.60. The Kier molecular flexibility index (Phi) is 3.03. The van der Waals surface area contributed by atoms with Gasteiger partial charge < -0.3 is 9.47 Å². The molecule has 0 fully saturated rings. The summed E-state index contributed by atoms with van der Waals surface area (Å²) in [5.41, 5.74) is -0.376. The van der Waals surface area contributed by atoms with Crippen LogP contribution in [0.25, 0.3) is 0 Å². The Morgan fingerprint density at radius 2 is 1.81 bits per heavy atom. The number of benzene rings is 1. The molecule has 1 aliphatic heterocycles. The third-order valence-electron chi connectivity index (χ3n) is 2.32. The standard InChI is InChI=1S/C11H10F2O3/c12-11(13)8-5-10-9(4-7(8)6-14)15-2-1-3-16-10/h4-6,11H,1-3H2. The second kappa shape index (κ2) is 4.47. The smallest absolute Gasteiger partial charge is 0.264 e. The average molecular weight is 228 g/mol. The molecule has 0 unspecified atom stereocenters. The van der Waals surface area contributed by atoms with E-state index in [4.69, 9.17) is 9.47 Å². The molecular formula is C11H10F2O3. The molecule has 86 valence electrons. The van der Waals surface area contributed by atoms with Gasteiger partial charge in [-0.05, 0) is 12.1 Å². The highest BCUT2D eigenvalue weighted by molar-refractivity contribution is 5.79. The van der Waals surface area contributed by atoms with Crippen molar-refractivity contribution in [1.29, 1.82) is 0 Å². The highest BCUT2D eigenvalue weighted by Gasteiger charge is 2.19. The molecule has 0 aliphatic carbocycles. The summed E-state index contributed by atoms with van der Waals surface area (Å²) in [6.45, 7) is 0.884. The van der Waals surface area contributed by atoms with Gasteiger partial charge >= 0.3 is 0 Å². The van der Waals surface area contributed by atoms with Crippen molar-refractivity contribution in [3.63, 3.8) is 0 Å². The zero-order valence-corrected chi connectivity index (χ0v) is 8.41. The summed E-state index contributed by atoms with van der Waals surface area (Å²) >= 11 is 0. The average Bonchev–Trinajstić information content (AvgIpc) is 2.51. The van der Waals surface area contributed by atoms with Crippen molar-refractivity contribution in [3.05, 3.63) is 23.3 Å². The van der Waals surface area contributed by atoms with Crippen LogP contribution in [-0.4, -0.2) is 19.5 Å². The first kappa shape index (κ1) is 10.9. The Morgan fingerprint density at radius 3 is 2.38 bits per heavy atom. The van der Waals surface area contributed by atoms with Crippen molar-refractivity contribution >= 4 is 6.29 Å². The Bertz CT molecular complexity index is 404. The van der Waals surface area contributed by atoms with E-state index >= 15 is 0 Å². The van der Waals surface area contributed by atoms with Gasteiger partial charge in [0.05, 0.1) is 13.2 Å². The Hall–Kier alpha value is -1.65. The van der Waals surface area contributed by atoms with Crippen molar-refractivity contribution < 1.29 is 23.0 Å². The lowest BCUT2D eigenvalue weighted by molar-refractivity contribution is 0.110. The van der Waals surface area contributed by atoms with Gasteiger partial charge in [0.1, 0.15) is 0 Å². The van der Waals surface area contributed by atoms with Gasteiger partial charge in [-0.25, -0.2) is 8.78 Å². The minimum absolute atomic E-state index is 0.0562. The summed E-state index contributed by atoms with van der Waals surface area (Å²) in [5, 5.41) is 0. The molecular weight excluding hydrogens is 218 g/mol. The number of carbonyl (C=O) groups excluding carboxylic acids is 1. The Labute approximate surface area is 91.0 Å². The minimum Gasteiger partial charge on any atom is -0.490 e.